The third-order valence-corrected chi connectivity index (χ3v) is 7.82. The molecule has 0 radical (unpaired) electrons. The number of nitrogens with zero attached hydrogens (tertiary/aromatic N) is 1. The molecule has 32 heavy (non-hydrogen) atoms. The molecule has 2 aliphatic carbocycles. The van der Waals surface area contributed by atoms with E-state index < -0.39 is 0 Å². The van der Waals surface area contributed by atoms with Crippen molar-refractivity contribution in [1.29, 1.82) is 0 Å². The second-order valence-electron chi connectivity index (χ2n) is 11.5. The van der Waals surface area contributed by atoms with Gasteiger partial charge >= 0.3 is 0 Å². The molecule has 2 saturated heterocycles. The van der Waals surface area contributed by atoms with E-state index in [1.54, 1.807) is 0 Å². The quantitative estimate of drug-likeness (QED) is 0.704. The molecule has 3 atom stereocenters. The molecule has 2 bridgehead atoms. The molecule has 2 saturated carbocycles. The number of benzene rings is 1. The SMILES string of the molecule is CC(C)(C)NC(=O)CN1C[C@H]2CC[C@@H]1C[C@@H](CNC(=O)C1(c3ccccc3)CCCC1)C2. The Morgan fingerprint density at radius 1 is 1.06 bits per heavy atom. The van der Waals surface area contributed by atoms with Crippen molar-refractivity contribution in [3.63, 3.8) is 0 Å². The average Bonchev–Trinajstić information content (AvgIpc) is 3.09. The Kier molecular flexibility index (Phi) is 6.94. The van der Waals surface area contributed by atoms with Crippen molar-refractivity contribution in [3.05, 3.63) is 35.9 Å². The van der Waals surface area contributed by atoms with Gasteiger partial charge in [0.1, 0.15) is 0 Å². The Morgan fingerprint density at radius 2 is 1.78 bits per heavy atom. The Balaban J connectivity index is 1.36. The van der Waals surface area contributed by atoms with Crippen LogP contribution in [0, 0.1) is 11.8 Å². The van der Waals surface area contributed by atoms with E-state index in [0.29, 0.717) is 24.4 Å². The molecule has 0 unspecified atom stereocenters. The van der Waals surface area contributed by atoms with Crippen molar-refractivity contribution in [1.82, 2.24) is 15.5 Å². The fourth-order valence-corrected chi connectivity index (χ4v) is 6.39. The largest absolute Gasteiger partial charge is 0.355 e. The van der Waals surface area contributed by atoms with Gasteiger partial charge in [0.05, 0.1) is 12.0 Å². The number of carbonyl (C=O) groups excluding carboxylic acids is 2. The average molecular weight is 440 g/mol. The van der Waals surface area contributed by atoms with Crippen LogP contribution in [-0.2, 0) is 15.0 Å². The molecule has 5 rings (SSSR count). The van der Waals surface area contributed by atoms with Crippen LogP contribution < -0.4 is 10.6 Å². The van der Waals surface area contributed by atoms with E-state index in [1.165, 1.54) is 18.4 Å². The number of nitrogens with one attached hydrogen (secondary N) is 2. The Labute approximate surface area is 193 Å². The lowest BCUT2D eigenvalue weighted by Gasteiger charge is -2.36. The van der Waals surface area contributed by atoms with E-state index in [4.69, 9.17) is 0 Å². The van der Waals surface area contributed by atoms with Crippen LogP contribution in [0.2, 0.25) is 0 Å². The molecule has 1 aromatic carbocycles. The molecular weight excluding hydrogens is 398 g/mol. The summed E-state index contributed by atoms with van der Waals surface area (Å²) >= 11 is 0. The smallest absolute Gasteiger partial charge is 0.234 e. The van der Waals surface area contributed by atoms with E-state index in [9.17, 15) is 9.59 Å². The lowest BCUT2D eigenvalue weighted by Crippen LogP contribution is -2.50. The van der Waals surface area contributed by atoms with Crippen LogP contribution in [0.3, 0.4) is 0 Å². The normalized spacial score (nSPS) is 27.7. The highest BCUT2D eigenvalue weighted by atomic mass is 16.2. The van der Waals surface area contributed by atoms with Crippen molar-refractivity contribution in [2.45, 2.75) is 89.1 Å². The van der Waals surface area contributed by atoms with E-state index in [1.807, 2.05) is 26.8 Å². The lowest BCUT2D eigenvalue weighted by molar-refractivity contribution is -0.127. The number of fused-ring (bicyclic) bond motifs is 4. The molecule has 0 aromatic heterocycles. The van der Waals surface area contributed by atoms with Gasteiger partial charge in [0.2, 0.25) is 11.8 Å². The first-order chi connectivity index (χ1) is 15.2. The number of piperidine rings is 1. The van der Waals surface area contributed by atoms with Crippen LogP contribution in [-0.4, -0.2) is 47.9 Å². The molecule has 2 amide bonds. The molecule has 4 aliphatic rings. The Bertz CT molecular complexity index is 795. The monoisotopic (exact) mass is 439 g/mol. The maximum atomic E-state index is 13.4. The van der Waals surface area contributed by atoms with Crippen molar-refractivity contribution in [2.24, 2.45) is 11.8 Å². The first-order valence-electron chi connectivity index (χ1n) is 12.6. The summed E-state index contributed by atoms with van der Waals surface area (Å²) in [4.78, 5) is 28.4. The van der Waals surface area contributed by atoms with Gasteiger partial charge in [-0.15, -0.1) is 0 Å². The third-order valence-electron chi connectivity index (χ3n) is 7.82. The lowest BCUT2D eigenvalue weighted by atomic mass is 9.78. The van der Waals surface area contributed by atoms with Crippen LogP contribution in [0.5, 0.6) is 0 Å². The summed E-state index contributed by atoms with van der Waals surface area (Å²) in [6, 6.07) is 10.8. The van der Waals surface area contributed by atoms with Crippen LogP contribution in [0.4, 0.5) is 0 Å². The van der Waals surface area contributed by atoms with Gasteiger partial charge in [-0.1, -0.05) is 43.2 Å². The molecule has 2 aliphatic heterocycles. The van der Waals surface area contributed by atoms with Crippen molar-refractivity contribution < 1.29 is 9.59 Å². The van der Waals surface area contributed by atoms with E-state index in [0.717, 1.165) is 51.6 Å². The fourth-order valence-electron chi connectivity index (χ4n) is 6.39. The summed E-state index contributed by atoms with van der Waals surface area (Å²) in [6.07, 6.45) is 8.82. The zero-order chi connectivity index (χ0) is 22.8. The second-order valence-corrected chi connectivity index (χ2v) is 11.5. The number of rotatable bonds is 6. The predicted molar refractivity (Wildman–Crippen MR) is 128 cm³/mol. The number of hydrogen-bond donors (Lipinski definition) is 2. The van der Waals surface area contributed by atoms with Crippen LogP contribution in [0.25, 0.3) is 0 Å². The van der Waals surface area contributed by atoms with Gasteiger partial charge in [-0.2, -0.15) is 0 Å². The highest BCUT2D eigenvalue weighted by Gasteiger charge is 2.43. The molecule has 176 valence electrons. The highest BCUT2D eigenvalue weighted by Crippen LogP contribution is 2.42. The zero-order valence-electron chi connectivity index (χ0n) is 20.2. The molecule has 1 aromatic rings. The maximum absolute atomic E-state index is 13.4. The van der Waals surface area contributed by atoms with Crippen molar-refractivity contribution in [2.75, 3.05) is 19.6 Å². The van der Waals surface area contributed by atoms with Gasteiger partial charge in [-0.25, -0.2) is 0 Å². The number of amides is 2. The third kappa shape index (κ3) is 5.36. The minimum absolute atomic E-state index is 0.126. The predicted octanol–water partition coefficient (Wildman–Crippen LogP) is 4.02. The van der Waals surface area contributed by atoms with Gasteiger partial charge < -0.3 is 10.6 Å². The van der Waals surface area contributed by atoms with Crippen LogP contribution in [0.1, 0.15) is 77.7 Å². The van der Waals surface area contributed by atoms with Gasteiger partial charge in [0.15, 0.2) is 0 Å². The van der Waals surface area contributed by atoms with Crippen LogP contribution >= 0.6 is 0 Å². The number of carbonyl (C=O) groups is 2. The molecule has 2 heterocycles. The summed E-state index contributed by atoms with van der Waals surface area (Å²) < 4.78 is 0. The maximum Gasteiger partial charge on any atom is 0.234 e. The minimum Gasteiger partial charge on any atom is -0.355 e. The summed E-state index contributed by atoms with van der Waals surface area (Å²) in [5, 5.41) is 6.49. The molecule has 4 fully saturated rings. The first-order valence-corrected chi connectivity index (χ1v) is 12.6. The molecule has 5 heteroatoms. The van der Waals surface area contributed by atoms with Gasteiger partial charge in [0, 0.05) is 24.7 Å². The highest BCUT2D eigenvalue weighted by molar-refractivity contribution is 5.88. The minimum atomic E-state index is -0.345. The second kappa shape index (κ2) is 9.54. The van der Waals surface area contributed by atoms with Crippen LogP contribution in [0.15, 0.2) is 30.3 Å². The van der Waals surface area contributed by atoms with Gasteiger partial charge in [0.25, 0.3) is 0 Å². The molecule has 0 spiro atoms. The molecular formula is C27H41N3O2. The Morgan fingerprint density at radius 3 is 2.47 bits per heavy atom. The van der Waals surface area contributed by atoms with Gasteiger partial charge in [-0.3, -0.25) is 14.5 Å². The molecule has 5 nitrogen and oxygen atoms in total. The van der Waals surface area contributed by atoms with Gasteiger partial charge in [-0.05, 0) is 76.7 Å². The topological polar surface area (TPSA) is 61.4 Å². The summed E-state index contributed by atoms with van der Waals surface area (Å²) in [5.74, 6) is 1.48. The summed E-state index contributed by atoms with van der Waals surface area (Å²) in [6.45, 7) is 8.37. The zero-order valence-corrected chi connectivity index (χ0v) is 20.2. The van der Waals surface area contributed by atoms with Crippen molar-refractivity contribution in [3.8, 4) is 0 Å². The summed E-state index contributed by atoms with van der Waals surface area (Å²) in [5.41, 5.74) is 0.637. The number of hydrogen-bond acceptors (Lipinski definition) is 3. The van der Waals surface area contributed by atoms with E-state index >= 15 is 0 Å². The van der Waals surface area contributed by atoms with E-state index in [-0.39, 0.29) is 22.8 Å². The van der Waals surface area contributed by atoms with Crippen molar-refractivity contribution >= 4 is 11.8 Å². The standard InChI is InChI=1S/C27H41N3O2/c1-26(2,3)29-24(31)19-30-18-20-11-12-23(30)16-21(15-20)17-28-25(32)27(13-7-8-14-27)22-9-5-4-6-10-22/h4-6,9-10,20-21,23H,7-8,11-19H2,1-3H3,(H,28,32)(H,29,31)/t20-,21-,23+/m0/s1. The van der Waals surface area contributed by atoms with E-state index in [2.05, 4.69) is 39.8 Å². The Hall–Kier alpha value is -1.88. The fraction of sp³-hybridized carbons (Fsp3) is 0.704. The molecule has 2 N–H and O–H groups in total. The summed E-state index contributed by atoms with van der Waals surface area (Å²) in [7, 11) is 0. The first kappa shape index (κ1) is 23.3.